The Bertz CT molecular complexity index is 5680. The summed E-state index contributed by atoms with van der Waals surface area (Å²) in [6.07, 6.45) is 1.81. The molecule has 412 valence electrons. The summed E-state index contributed by atoms with van der Waals surface area (Å²) in [5.41, 5.74) is 21.5. The van der Waals surface area contributed by atoms with E-state index in [1.807, 2.05) is 24.3 Å². The smallest absolute Gasteiger partial charge is 0.229 e. The average Bonchev–Trinajstić information content (AvgIpc) is 1.36. The Hall–Kier alpha value is -11.6. The molecule has 0 amide bonds. The van der Waals surface area contributed by atoms with Crippen molar-refractivity contribution in [1.82, 2.24) is 4.57 Å². The number of para-hydroxylation sites is 5. The third-order valence-electron chi connectivity index (χ3n) is 19.1. The molecule has 7 nitrogen and oxygen atoms in total. The highest BCUT2D eigenvalue weighted by atomic mass is 16.3. The van der Waals surface area contributed by atoms with Gasteiger partial charge in [0.15, 0.2) is 11.2 Å². The molecule has 3 aromatic heterocycles. The lowest BCUT2D eigenvalue weighted by molar-refractivity contribution is 0.670. The number of anilines is 6. The zero-order valence-corrected chi connectivity index (χ0v) is 48.1. The van der Waals surface area contributed by atoms with E-state index in [4.69, 9.17) is 22.0 Å². The fourth-order valence-electron chi connectivity index (χ4n) is 15.2. The van der Waals surface area contributed by atoms with Crippen molar-refractivity contribution in [3.8, 4) is 16.8 Å². The maximum Gasteiger partial charge on any atom is 0.229 e. The third-order valence-corrected chi connectivity index (χ3v) is 19.1. The van der Waals surface area contributed by atoms with Gasteiger partial charge in [0.05, 0.1) is 46.7 Å². The van der Waals surface area contributed by atoms with Gasteiger partial charge in [0.2, 0.25) is 11.4 Å². The Morgan fingerprint density at radius 2 is 0.841 bits per heavy atom. The van der Waals surface area contributed by atoms with E-state index in [0.717, 1.165) is 96.0 Å². The second-order valence-corrected chi connectivity index (χ2v) is 23.4. The molecule has 1 spiro atoms. The molecule has 2 aliphatic rings. The van der Waals surface area contributed by atoms with Gasteiger partial charge in [-0.15, -0.1) is 0 Å². The maximum atomic E-state index is 8.23. The molecule has 0 fully saturated rings. The van der Waals surface area contributed by atoms with Crippen LogP contribution in [-0.4, -0.2) is 4.57 Å². The standard InChI is InChI=1S/C81H51N5O2/c1-5-48-31-37-52(38-32-48)84(72-29-15-23-60-58-21-13-26-68(82-3)77(58)87-79(60)72)54-41-44-70-62(45-54)63-46-55(85(53-39-33-49(6-2)34-40-53)73-30-16-24-61-59-22-14-27-69(83-4)78(59)88-80(61)73)47-67-76(63)86(70)71-28-12-11-25-64(71)81(67)65-42-35-50-17-7-9-19-56(50)74(65)75-57-20-10-8-18-51(57)36-43-66(75)81/h7-47H,5-6H2,1-2H3. The molecular formula is C81H51N5O2. The Balaban J connectivity index is 1.00. The van der Waals surface area contributed by atoms with Crippen LogP contribution in [0.25, 0.3) is 114 Å². The number of rotatable bonds is 8. The minimum absolute atomic E-state index is 0.479. The predicted octanol–water partition coefficient (Wildman–Crippen LogP) is 22.7. The Morgan fingerprint density at radius 1 is 0.375 bits per heavy atom. The van der Waals surface area contributed by atoms with Crippen molar-refractivity contribution in [1.29, 1.82) is 0 Å². The summed E-state index contributed by atoms with van der Waals surface area (Å²) in [5, 5.41) is 10.7. The van der Waals surface area contributed by atoms with Crippen molar-refractivity contribution in [2.75, 3.05) is 9.80 Å². The highest BCUT2D eigenvalue weighted by Crippen LogP contribution is 2.64. The van der Waals surface area contributed by atoms with Crippen LogP contribution in [0.4, 0.5) is 45.5 Å². The van der Waals surface area contributed by atoms with Gasteiger partial charge in [-0.25, -0.2) is 9.69 Å². The first kappa shape index (κ1) is 49.8. The lowest BCUT2D eigenvalue weighted by Crippen LogP contribution is -2.33. The van der Waals surface area contributed by atoms with Crippen LogP contribution >= 0.6 is 0 Å². The van der Waals surface area contributed by atoms with Crippen molar-refractivity contribution in [3.05, 3.63) is 305 Å². The van der Waals surface area contributed by atoms with Gasteiger partial charge in [0, 0.05) is 55.1 Å². The normalized spacial score (nSPS) is 12.8. The molecule has 0 bridgehead atoms. The summed E-state index contributed by atoms with van der Waals surface area (Å²) >= 11 is 0. The summed E-state index contributed by atoms with van der Waals surface area (Å²) < 4.78 is 16.5. The minimum Gasteiger partial charge on any atom is -0.465 e. The highest BCUT2D eigenvalue weighted by molar-refractivity contribution is 6.20. The topological polar surface area (TPSA) is 46.4 Å². The van der Waals surface area contributed by atoms with Gasteiger partial charge in [-0.1, -0.05) is 190 Å². The predicted molar refractivity (Wildman–Crippen MR) is 362 cm³/mol. The van der Waals surface area contributed by atoms with Crippen molar-refractivity contribution in [2.45, 2.75) is 32.1 Å². The fraction of sp³-hybridized carbons (Fsp3) is 0.0617. The first-order valence-electron chi connectivity index (χ1n) is 30.2. The van der Waals surface area contributed by atoms with Gasteiger partial charge < -0.3 is 23.2 Å². The number of hydrogen-bond acceptors (Lipinski definition) is 4. The van der Waals surface area contributed by atoms with E-state index < -0.39 is 5.41 Å². The Morgan fingerprint density at radius 3 is 1.39 bits per heavy atom. The number of nitrogens with zero attached hydrogens (tertiary/aromatic N) is 5. The van der Waals surface area contributed by atoms with Gasteiger partial charge in [0.1, 0.15) is 11.2 Å². The van der Waals surface area contributed by atoms with E-state index in [-0.39, 0.29) is 0 Å². The number of aromatic nitrogens is 1. The van der Waals surface area contributed by atoms with Crippen molar-refractivity contribution in [2.24, 2.45) is 0 Å². The van der Waals surface area contributed by atoms with Crippen LogP contribution in [0.3, 0.4) is 0 Å². The number of aryl methyl sites for hydroxylation is 2. The monoisotopic (exact) mass is 1130 g/mol. The van der Waals surface area contributed by atoms with Crippen LogP contribution in [0.15, 0.2) is 258 Å². The van der Waals surface area contributed by atoms with Crippen LogP contribution < -0.4 is 9.80 Å². The molecule has 16 aromatic rings. The van der Waals surface area contributed by atoms with Gasteiger partial charge in [-0.3, -0.25) is 0 Å². The van der Waals surface area contributed by atoms with Crippen LogP contribution in [0.5, 0.6) is 0 Å². The second kappa shape index (κ2) is 18.7. The van der Waals surface area contributed by atoms with Crippen molar-refractivity contribution < 1.29 is 8.83 Å². The van der Waals surface area contributed by atoms with Crippen LogP contribution in [0.1, 0.15) is 47.2 Å². The summed E-state index contributed by atoms with van der Waals surface area (Å²) in [6, 6.07) is 90.5. The molecule has 4 heterocycles. The average molecular weight is 1130 g/mol. The van der Waals surface area contributed by atoms with Gasteiger partial charge in [-0.05, 0) is 152 Å². The van der Waals surface area contributed by atoms with E-state index in [2.05, 4.69) is 262 Å². The van der Waals surface area contributed by atoms with E-state index in [1.54, 1.807) is 0 Å². The van der Waals surface area contributed by atoms with Crippen LogP contribution in [-0.2, 0) is 18.3 Å². The largest absolute Gasteiger partial charge is 0.465 e. The second-order valence-electron chi connectivity index (χ2n) is 23.4. The SMILES string of the molecule is [C-]#[N+]c1cccc2c1oc1c(N(c3ccc(CC)cc3)c3ccc4c(c3)c3cc(N(c5ccc(CC)cc5)c5cccc6c5oc5c([N+]#[C-])cccc56)cc5c3n4-c3ccccc3C53c4ccc5ccccc5c4-c4c3ccc3ccccc43)cccc12. The minimum atomic E-state index is -0.821. The third kappa shape index (κ3) is 6.70. The molecule has 13 aromatic carbocycles. The number of fused-ring (bicyclic) bond motifs is 22. The summed E-state index contributed by atoms with van der Waals surface area (Å²) in [7, 11) is 0. The first-order chi connectivity index (χ1) is 43.5. The van der Waals surface area contributed by atoms with Crippen LogP contribution in [0, 0.1) is 13.1 Å². The summed E-state index contributed by atoms with van der Waals surface area (Å²) in [5.74, 6) is 0. The van der Waals surface area contributed by atoms with E-state index in [0.29, 0.717) is 33.7 Å². The number of benzene rings is 13. The molecule has 0 unspecified atom stereocenters. The van der Waals surface area contributed by atoms with Gasteiger partial charge >= 0.3 is 0 Å². The maximum absolute atomic E-state index is 8.23. The van der Waals surface area contributed by atoms with Crippen molar-refractivity contribution in [3.63, 3.8) is 0 Å². The van der Waals surface area contributed by atoms with E-state index >= 15 is 0 Å². The van der Waals surface area contributed by atoms with Crippen LogP contribution in [0.2, 0.25) is 0 Å². The molecule has 88 heavy (non-hydrogen) atoms. The lowest BCUT2D eigenvalue weighted by Gasteiger charge is -2.40. The van der Waals surface area contributed by atoms with E-state index in [1.165, 1.54) is 66.1 Å². The van der Waals surface area contributed by atoms with Crippen molar-refractivity contribution >= 4 is 133 Å². The molecule has 0 saturated carbocycles. The van der Waals surface area contributed by atoms with E-state index in [9.17, 15) is 0 Å². The molecule has 1 aliphatic carbocycles. The zero-order chi connectivity index (χ0) is 58.5. The molecule has 1 aliphatic heterocycles. The molecule has 0 saturated heterocycles. The quantitative estimate of drug-likeness (QED) is 0.142. The summed E-state index contributed by atoms with van der Waals surface area (Å²) in [6.45, 7) is 20.7. The van der Waals surface area contributed by atoms with Gasteiger partial charge in [-0.2, -0.15) is 0 Å². The molecule has 7 heteroatoms. The lowest BCUT2D eigenvalue weighted by atomic mass is 9.65. The molecule has 18 rings (SSSR count). The first-order valence-corrected chi connectivity index (χ1v) is 30.2. The Kier molecular flexibility index (Phi) is 10.6. The molecule has 0 atom stereocenters. The Labute approximate surface area is 507 Å². The van der Waals surface area contributed by atoms with Gasteiger partial charge in [0.25, 0.3) is 0 Å². The highest BCUT2D eigenvalue weighted by Gasteiger charge is 2.52. The zero-order valence-electron chi connectivity index (χ0n) is 48.1. The molecule has 0 radical (unpaired) electrons. The molecule has 0 N–H and O–H groups in total. The molecular weight excluding hydrogens is 1070 g/mol. The fourth-order valence-corrected chi connectivity index (χ4v) is 15.2. The number of furan rings is 2. The summed E-state index contributed by atoms with van der Waals surface area (Å²) in [4.78, 5) is 12.6. The number of hydrogen-bond donors (Lipinski definition) is 0.